The van der Waals surface area contributed by atoms with Gasteiger partial charge in [-0.15, -0.1) is 11.3 Å². The van der Waals surface area contributed by atoms with Gasteiger partial charge in [-0.3, -0.25) is 24.0 Å². The van der Waals surface area contributed by atoms with Crippen molar-refractivity contribution in [3.05, 3.63) is 105 Å². The van der Waals surface area contributed by atoms with E-state index in [0.29, 0.717) is 77.7 Å². The van der Waals surface area contributed by atoms with Crippen LogP contribution in [-0.4, -0.2) is 143 Å². The van der Waals surface area contributed by atoms with Gasteiger partial charge in [0.15, 0.2) is 71.8 Å². The monoisotopic (exact) mass is 1770 g/mol. The molecular weight excluding hydrogens is 1650 g/mol. The summed E-state index contributed by atoms with van der Waals surface area (Å²) in [6.45, 7) is 41.2. The molecule has 5 amide bonds. The molecule has 0 aliphatic heterocycles. The first-order chi connectivity index (χ1) is 52.6. The van der Waals surface area contributed by atoms with Gasteiger partial charge in [0.1, 0.15) is 46.8 Å². The van der Waals surface area contributed by atoms with Crippen molar-refractivity contribution in [2.45, 2.75) is 305 Å². The van der Waals surface area contributed by atoms with Gasteiger partial charge in [0.25, 0.3) is 0 Å². The number of nitrogens with one attached hydrogen (secondary N) is 5. The van der Waals surface area contributed by atoms with Gasteiger partial charge in [-0.2, -0.15) is 13.2 Å². The van der Waals surface area contributed by atoms with Crippen molar-refractivity contribution in [2.24, 2.45) is 0 Å². The van der Waals surface area contributed by atoms with E-state index in [4.69, 9.17) is 25.2 Å². The third kappa shape index (κ3) is 26.2. The SMILES string of the molecule is CC(C)(C(=O)Nc1ccc(C(F)(F)F)cn1)S(=O)(=O)C1CCCCC1.CC(C)(C)c1cc(NC(=O)C(C)(C)S(=O)(=O)C2CCCC2)no1.CC(C)(C)c1cc(NC(=O)C(C)(C)S(=O)(=O)Cc2ccc(Cl)cc2)no1.CCCS(=O)(=O)C(C)(C)C(=O)Nc1cc(C(C)(C)C)on1.CCCS(=O)(=O)C(C)(C)C(=O)Nc1nc(C(C)(C)C)cs1. The van der Waals surface area contributed by atoms with Crippen LogP contribution >= 0.6 is 22.9 Å². The minimum absolute atomic E-state index is 0.00146. The Morgan fingerprint density at radius 3 is 1.07 bits per heavy atom. The molecule has 2 aliphatic carbocycles. The van der Waals surface area contributed by atoms with Gasteiger partial charge in [0, 0.05) is 56.5 Å². The number of aromatic nitrogens is 5. The molecule has 0 spiro atoms. The van der Waals surface area contributed by atoms with Crippen molar-refractivity contribution < 1.29 is 92.8 Å². The predicted octanol–water partition coefficient (Wildman–Crippen LogP) is 16.1. The average molecular weight is 1770 g/mol. The maximum Gasteiger partial charge on any atom is 0.417 e. The zero-order valence-corrected chi connectivity index (χ0v) is 76.6. The number of carbonyl (C=O) groups is 5. The molecule has 5 heterocycles. The molecule has 8 rings (SSSR count). The number of nitrogens with zero attached hydrogens (tertiary/aromatic N) is 5. The van der Waals surface area contributed by atoms with Gasteiger partial charge in [0.05, 0.1) is 39.0 Å². The first-order valence-electron chi connectivity index (χ1n) is 37.9. The summed E-state index contributed by atoms with van der Waals surface area (Å²) in [5, 5.41) is 25.8. The fourth-order valence-corrected chi connectivity index (χ4v) is 20.1. The maximum absolute atomic E-state index is 12.8. The number of hydrogen-bond acceptors (Lipinski definition) is 24. The zero-order chi connectivity index (χ0) is 89.0. The Hall–Kier alpha value is -7.19. The summed E-state index contributed by atoms with van der Waals surface area (Å²) >= 11 is 7.13. The van der Waals surface area contributed by atoms with E-state index in [2.05, 4.69) is 52.0 Å². The molecule has 652 valence electrons. The van der Waals surface area contributed by atoms with Crippen LogP contribution in [-0.2, 0) is 107 Å². The Labute approximate surface area is 691 Å². The van der Waals surface area contributed by atoms with Crippen molar-refractivity contribution in [1.82, 2.24) is 25.4 Å². The van der Waals surface area contributed by atoms with Crippen molar-refractivity contribution in [2.75, 3.05) is 38.1 Å². The molecule has 5 N–H and O–H groups in total. The van der Waals surface area contributed by atoms with Gasteiger partial charge < -0.3 is 40.2 Å². The van der Waals surface area contributed by atoms with E-state index in [1.807, 2.05) is 88.5 Å². The van der Waals surface area contributed by atoms with Crippen LogP contribution in [0.15, 0.2) is 79.7 Å². The predicted molar refractivity (Wildman–Crippen MR) is 448 cm³/mol. The van der Waals surface area contributed by atoms with Crippen LogP contribution in [0.4, 0.5) is 41.6 Å². The number of rotatable bonds is 23. The lowest BCUT2D eigenvalue weighted by Gasteiger charge is -2.31. The van der Waals surface area contributed by atoms with Crippen molar-refractivity contribution in [1.29, 1.82) is 0 Å². The van der Waals surface area contributed by atoms with E-state index < -0.39 is 125 Å². The number of anilines is 5. The van der Waals surface area contributed by atoms with Gasteiger partial charge in [-0.05, 0) is 138 Å². The molecule has 2 aliphatic rings. The molecule has 2 fully saturated rings. The fraction of sp³-hybridized carbons (Fsp3) is 0.641. The number of hydrogen-bond donors (Lipinski definition) is 5. The smallest absolute Gasteiger partial charge is 0.359 e. The van der Waals surface area contributed by atoms with Crippen molar-refractivity contribution in [3.63, 3.8) is 0 Å². The number of alkyl halides is 3. The number of pyridine rings is 1. The number of amides is 5. The number of sulfone groups is 5. The molecule has 28 nitrogen and oxygen atoms in total. The van der Waals surface area contributed by atoms with Crippen LogP contribution in [0.5, 0.6) is 0 Å². The Morgan fingerprint density at radius 1 is 0.440 bits per heavy atom. The first kappa shape index (κ1) is 101. The van der Waals surface area contributed by atoms with E-state index in [1.165, 1.54) is 80.6 Å². The molecule has 6 aromatic rings. The minimum atomic E-state index is -4.53. The van der Waals surface area contributed by atoms with Crippen LogP contribution in [0.1, 0.15) is 271 Å². The molecular formula is C78H118ClF3N10O18S6. The third-order valence-electron chi connectivity index (χ3n) is 19.7. The van der Waals surface area contributed by atoms with Crippen molar-refractivity contribution in [3.8, 4) is 0 Å². The van der Waals surface area contributed by atoms with E-state index in [-0.39, 0.29) is 62.2 Å². The maximum atomic E-state index is 12.8. The Morgan fingerprint density at radius 2 is 0.767 bits per heavy atom. The van der Waals surface area contributed by atoms with Crippen LogP contribution in [0.25, 0.3) is 0 Å². The highest BCUT2D eigenvalue weighted by Gasteiger charge is 2.50. The zero-order valence-electron chi connectivity index (χ0n) is 71.0. The fourth-order valence-electron chi connectivity index (χ4n) is 10.8. The van der Waals surface area contributed by atoms with Gasteiger partial charge in [0.2, 0.25) is 29.5 Å². The van der Waals surface area contributed by atoms with Gasteiger partial charge in [-0.25, -0.2) is 52.1 Å². The highest BCUT2D eigenvalue weighted by molar-refractivity contribution is 7.95. The Kier molecular flexibility index (Phi) is 33.5. The number of carbonyl (C=O) groups excluding carboxylic acids is 5. The second-order valence-corrected chi connectivity index (χ2v) is 50.0. The topological polar surface area (TPSA) is 420 Å². The van der Waals surface area contributed by atoms with Crippen molar-refractivity contribution >= 4 is 130 Å². The van der Waals surface area contributed by atoms with Gasteiger partial charge >= 0.3 is 6.18 Å². The molecule has 0 bridgehead atoms. The highest BCUT2D eigenvalue weighted by Crippen LogP contribution is 2.38. The summed E-state index contributed by atoms with van der Waals surface area (Å²) in [4.78, 5) is 70.0. The molecule has 0 unspecified atom stereocenters. The number of thiazole rings is 1. The molecule has 0 atom stereocenters. The molecule has 38 heteroatoms. The second-order valence-electron chi connectivity index (χ2n) is 35.3. The van der Waals surface area contributed by atoms with Crippen LogP contribution in [0, 0.1) is 0 Å². The summed E-state index contributed by atoms with van der Waals surface area (Å²) in [6, 6.07) is 13.1. The van der Waals surface area contributed by atoms with Crippen LogP contribution < -0.4 is 26.6 Å². The summed E-state index contributed by atoms with van der Waals surface area (Å²) in [7, 11) is -18.1. The number of benzene rings is 1. The summed E-state index contributed by atoms with van der Waals surface area (Å²) in [5.41, 5.74) is -0.361. The first-order valence-corrected chi connectivity index (χ1v) is 47.3. The van der Waals surface area contributed by atoms with E-state index >= 15 is 0 Å². The molecule has 116 heavy (non-hydrogen) atoms. The highest BCUT2D eigenvalue weighted by atomic mass is 35.5. The molecule has 0 saturated heterocycles. The minimum Gasteiger partial charge on any atom is -0.359 e. The lowest BCUT2D eigenvalue weighted by Crippen LogP contribution is -2.49. The lowest BCUT2D eigenvalue weighted by atomic mass is 9.93. The number of halogens is 4. The molecule has 2 saturated carbocycles. The summed E-state index contributed by atoms with van der Waals surface area (Å²) in [6.07, 6.45) is 3.75. The largest absolute Gasteiger partial charge is 0.417 e. The van der Waals surface area contributed by atoms with Gasteiger partial charge in [-0.1, -0.05) is 168 Å². The lowest BCUT2D eigenvalue weighted by molar-refractivity contribution is -0.137. The van der Waals surface area contributed by atoms with Crippen LogP contribution in [0.2, 0.25) is 5.02 Å². The quantitative estimate of drug-likeness (QED) is 0.0398. The normalized spacial score (nSPS) is 14.9. The van der Waals surface area contributed by atoms with E-state index in [9.17, 15) is 79.2 Å². The Bertz CT molecular complexity index is 4850. The average Bonchev–Trinajstić information content (AvgIpc) is 1.27. The molecule has 0 radical (unpaired) electrons. The molecule has 5 aromatic heterocycles. The molecule has 1 aromatic carbocycles. The van der Waals surface area contributed by atoms with E-state index in [1.54, 1.807) is 56.3 Å². The van der Waals surface area contributed by atoms with E-state index in [0.717, 1.165) is 49.9 Å². The van der Waals surface area contributed by atoms with Crippen LogP contribution in [0.3, 0.4) is 0 Å². The summed E-state index contributed by atoms with van der Waals surface area (Å²) in [5.74, 6) is -1.10. The standard InChI is InChI=1S/C18H23ClN2O4S.C16H21F3N2O3S.C16H26N2O4S.C14H24N2O4S.C14H24N2O3S2/c1-17(2,3)14-10-15(21-25-14)20-16(22)18(4,5)26(23,24)11-12-6-8-13(19)9-7-12;1-15(2,25(23,24)12-6-4-3-5-7-12)14(22)21-13-9-8-11(10-20-13)16(17,18)19;1-15(2,3)12-10-13(18-22-12)17-14(19)16(4,5)23(20,21)11-8-6-7-9-11;1-7-8-21(18,19)14(5,6)12(17)15-11-9-10(20-16-11)13(2,3)4;1-7-8-21(18,19)14(5,6)11(17)16-12-15-10(9-20-12)13(2,3)4/h6-10H,11H2,1-5H3,(H,20,21,22);8-10,12H,3-7H2,1-2H3,(H,20,21,22);10-11H,6-9H2,1-5H3,(H,17,18,19);2*9H,7-8H2,1-6H3,(H,15,16,17). The second kappa shape index (κ2) is 38.5. The summed E-state index contributed by atoms with van der Waals surface area (Å²) < 4.78 is 171. The Balaban J connectivity index is 0.000000306. The third-order valence-corrected chi connectivity index (χ3v) is 34.5.